The van der Waals surface area contributed by atoms with E-state index in [1.54, 1.807) is 0 Å². The largest absolute Gasteiger partial charge is 0.478 e. The van der Waals surface area contributed by atoms with Crippen molar-refractivity contribution in [1.82, 2.24) is 0 Å². The van der Waals surface area contributed by atoms with Crippen molar-refractivity contribution in [2.75, 3.05) is 6.61 Å². The fraction of sp³-hybridized carbons (Fsp3) is 0.462. The van der Waals surface area contributed by atoms with Crippen molar-refractivity contribution < 1.29 is 4.74 Å². The molecule has 1 heterocycles. The Hall–Kier alpha value is -0.830. The van der Waals surface area contributed by atoms with Gasteiger partial charge in [-0.25, -0.2) is 4.99 Å². The zero-order chi connectivity index (χ0) is 11.6. The minimum absolute atomic E-state index is 0.0384. The monoisotopic (exact) mass is 281 g/mol. The molecule has 0 atom stereocenters. The van der Waals surface area contributed by atoms with E-state index in [-0.39, 0.29) is 5.54 Å². The zero-order valence-electron chi connectivity index (χ0n) is 9.66. The molecule has 0 N–H and O–H groups in total. The molecule has 1 aliphatic heterocycles. The normalized spacial score (nSPS) is 18.1. The summed E-state index contributed by atoms with van der Waals surface area (Å²) >= 11 is 3.55. The SMILES string of the molecule is CC1(C)COC(CCc2ccccc2Br)=N1. The highest BCUT2D eigenvalue weighted by atomic mass is 79.9. The molecule has 2 rings (SSSR count). The van der Waals surface area contributed by atoms with Crippen LogP contribution in [0.5, 0.6) is 0 Å². The van der Waals surface area contributed by atoms with Crippen LogP contribution in [0, 0.1) is 0 Å². The molecule has 1 aromatic rings. The van der Waals surface area contributed by atoms with Gasteiger partial charge in [0, 0.05) is 10.9 Å². The van der Waals surface area contributed by atoms with Crippen LogP contribution < -0.4 is 0 Å². The maximum absolute atomic E-state index is 5.56. The van der Waals surface area contributed by atoms with Crippen LogP contribution in [0.25, 0.3) is 0 Å². The fourth-order valence-corrected chi connectivity index (χ4v) is 2.22. The molecule has 1 aromatic carbocycles. The molecule has 3 heteroatoms. The molecule has 0 amide bonds. The molecule has 1 aliphatic rings. The fourth-order valence-electron chi connectivity index (χ4n) is 1.73. The highest BCUT2D eigenvalue weighted by Gasteiger charge is 2.25. The number of aryl methyl sites for hydroxylation is 1. The van der Waals surface area contributed by atoms with Crippen LogP contribution in [0.4, 0.5) is 0 Å². The van der Waals surface area contributed by atoms with Gasteiger partial charge >= 0.3 is 0 Å². The molecule has 2 nitrogen and oxygen atoms in total. The number of nitrogens with zero attached hydrogens (tertiary/aromatic N) is 1. The van der Waals surface area contributed by atoms with E-state index in [0.717, 1.165) is 23.2 Å². The van der Waals surface area contributed by atoms with E-state index in [1.165, 1.54) is 5.56 Å². The number of hydrogen-bond donors (Lipinski definition) is 0. The van der Waals surface area contributed by atoms with Crippen molar-refractivity contribution in [3.63, 3.8) is 0 Å². The van der Waals surface area contributed by atoms with Crippen molar-refractivity contribution in [2.45, 2.75) is 32.2 Å². The van der Waals surface area contributed by atoms with Crippen molar-refractivity contribution in [3.8, 4) is 0 Å². The molecule has 16 heavy (non-hydrogen) atoms. The van der Waals surface area contributed by atoms with E-state index in [9.17, 15) is 0 Å². The maximum atomic E-state index is 5.56. The van der Waals surface area contributed by atoms with Gasteiger partial charge in [0.2, 0.25) is 0 Å². The van der Waals surface area contributed by atoms with Crippen LogP contribution in [0.1, 0.15) is 25.8 Å². The molecule has 86 valence electrons. The van der Waals surface area contributed by atoms with Gasteiger partial charge in [0.1, 0.15) is 6.61 Å². The lowest BCUT2D eigenvalue weighted by Gasteiger charge is -2.07. The number of benzene rings is 1. The summed E-state index contributed by atoms with van der Waals surface area (Å²) in [5, 5.41) is 0. The second kappa shape index (κ2) is 4.58. The average molecular weight is 282 g/mol. The van der Waals surface area contributed by atoms with Crippen molar-refractivity contribution >= 4 is 21.8 Å². The Bertz CT molecular complexity index is 412. The number of aliphatic imine (C=N–C) groups is 1. The Kier molecular flexibility index (Phi) is 3.33. The van der Waals surface area contributed by atoms with Crippen LogP contribution in [-0.2, 0) is 11.2 Å². The summed E-state index contributed by atoms with van der Waals surface area (Å²) in [6.45, 7) is 4.90. The summed E-state index contributed by atoms with van der Waals surface area (Å²) < 4.78 is 6.72. The quantitative estimate of drug-likeness (QED) is 0.830. The molecular weight excluding hydrogens is 266 g/mol. The van der Waals surface area contributed by atoms with Gasteiger partial charge in [-0.15, -0.1) is 0 Å². The molecule has 0 fully saturated rings. The van der Waals surface area contributed by atoms with Crippen LogP contribution in [-0.4, -0.2) is 18.0 Å². The summed E-state index contributed by atoms with van der Waals surface area (Å²) in [4.78, 5) is 4.54. The maximum Gasteiger partial charge on any atom is 0.184 e. The van der Waals surface area contributed by atoms with Crippen LogP contribution in [0.15, 0.2) is 33.7 Å². The first-order valence-electron chi connectivity index (χ1n) is 5.52. The Balaban J connectivity index is 1.96. The first-order chi connectivity index (χ1) is 7.57. The van der Waals surface area contributed by atoms with Gasteiger partial charge in [-0.3, -0.25) is 0 Å². The average Bonchev–Trinajstić information content (AvgIpc) is 2.57. The highest BCUT2D eigenvalue weighted by Crippen LogP contribution is 2.21. The van der Waals surface area contributed by atoms with Gasteiger partial charge < -0.3 is 4.74 Å². The Labute approximate surface area is 105 Å². The van der Waals surface area contributed by atoms with E-state index >= 15 is 0 Å². The Morgan fingerprint density at radius 3 is 2.69 bits per heavy atom. The number of ether oxygens (including phenoxy) is 1. The molecule has 0 bridgehead atoms. The highest BCUT2D eigenvalue weighted by molar-refractivity contribution is 9.10. The minimum Gasteiger partial charge on any atom is -0.478 e. The van der Waals surface area contributed by atoms with Crippen molar-refractivity contribution in [1.29, 1.82) is 0 Å². The number of halogens is 1. The van der Waals surface area contributed by atoms with E-state index in [2.05, 4.69) is 53.0 Å². The van der Waals surface area contributed by atoms with Crippen LogP contribution >= 0.6 is 15.9 Å². The van der Waals surface area contributed by atoms with Crippen molar-refractivity contribution in [3.05, 3.63) is 34.3 Å². The van der Waals surface area contributed by atoms with Gasteiger partial charge in [-0.05, 0) is 31.9 Å². The van der Waals surface area contributed by atoms with Crippen LogP contribution in [0.2, 0.25) is 0 Å². The minimum atomic E-state index is -0.0384. The summed E-state index contributed by atoms with van der Waals surface area (Å²) in [6, 6.07) is 8.28. The molecule has 0 spiro atoms. The third-order valence-corrected chi connectivity index (χ3v) is 3.36. The third kappa shape index (κ3) is 2.85. The predicted molar refractivity (Wildman–Crippen MR) is 69.9 cm³/mol. The predicted octanol–water partition coefficient (Wildman–Crippen LogP) is 3.59. The molecule has 0 saturated carbocycles. The Morgan fingerprint density at radius 1 is 1.31 bits per heavy atom. The molecule has 0 radical (unpaired) electrons. The van der Waals surface area contributed by atoms with Gasteiger partial charge in [-0.1, -0.05) is 34.1 Å². The smallest absolute Gasteiger partial charge is 0.184 e. The molecule has 0 unspecified atom stereocenters. The first-order valence-corrected chi connectivity index (χ1v) is 6.31. The molecule has 0 saturated heterocycles. The molecule has 0 aromatic heterocycles. The second-order valence-electron chi connectivity index (χ2n) is 4.70. The lowest BCUT2D eigenvalue weighted by atomic mass is 10.1. The van der Waals surface area contributed by atoms with E-state index < -0.39 is 0 Å². The molecular formula is C13H16BrNO. The third-order valence-electron chi connectivity index (χ3n) is 2.59. The number of hydrogen-bond acceptors (Lipinski definition) is 2. The summed E-state index contributed by atoms with van der Waals surface area (Å²) in [6.07, 6.45) is 1.85. The van der Waals surface area contributed by atoms with Gasteiger partial charge in [0.25, 0.3) is 0 Å². The van der Waals surface area contributed by atoms with Gasteiger partial charge in [0.15, 0.2) is 5.90 Å². The first kappa shape index (κ1) is 11.6. The van der Waals surface area contributed by atoms with E-state index in [4.69, 9.17) is 4.74 Å². The lowest BCUT2D eigenvalue weighted by Crippen LogP contribution is -2.17. The summed E-state index contributed by atoms with van der Waals surface area (Å²) in [5.41, 5.74) is 1.27. The van der Waals surface area contributed by atoms with Gasteiger partial charge in [0.05, 0.1) is 5.54 Å². The Morgan fingerprint density at radius 2 is 2.06 bits per heavy atom. The van der Waals surface area contributed by atoms with Crippen molar-refractivity contribution in [2.24, 2.45) is 4.99 Å². The zero-order valence-corrected chi connectivity index (χ0v) is 11.3. The van der Waals surface area contributed by atoms with E-state index in [1.807, 2.05) is 6.07 Å². The summed E-state index contributed by atoms with van der Waals surface area (Å²) in [7, 11) is 0. The topological polar surface area (TPSA) is 21.6 Å². The second-order valence-corrected chi connectivity index (χ2v) is 5.55. The van der Waals surface area contributed by atoms with Gasteiger partial charge in [-0.2, -0.15) is 0 Å². The standard InChI is InChI=1S/C13H16BrNO/c1-13(2)9-16-12(15-13)8-7-10-5-3-4-6-11(10)14/h3-6H,7-9H2,1-2H3. The number of rotatable bonds is 3. The lowest BCUT2D eigenvalue weighted by molar-refractivity contribution is 0.274. The van der Waals surface area contributed by atoms with Crippen LogP contribution in [0.3, 0.4) is 0 Å². The summed E-state index contributed by atoms with van der Waals surface area (Å²) in [5.74, 6) is 0.890. The molecule has 0 aliphatic carbocycles. The van der Waals surface area contributed by atoms with E-state index in [0.29, 0.717) is 6.61 Å².